The molecule has 1 aromatic heterocycles. The summed E-state index contributed by atoms with van der Waals surface area (Å²) in [5.74, 6) is -3.02. The van der Waals surface area contributed by atoms with Crippen LogP contribution in [0.2, 0.25) is 5.02 Å². The quantitative estimate of drug-likeness (QED) is 0.275. The molecular formula is C34H32ClN3O10. The molecule has 0 fully saturated rings. The maximum absolute atomic E-state index is 14.3. The second-order valence-corrected chi connectivity index (χ2v) is 11.9. The fraction of sp³-hybridized carbons (Fsp3) is 0.324. The highest BCUT2D eigenvalue weighted by molar-refractivity contribution is 6.35. The van der Waals surface area contributed by atoms with Crippen LogP contribution < -0.4 is 34.3 Å². The van der Waals surface area contributed by atoms with Gasteiger partial charge in [-0.15, -0.1) is 0 Å². The lowest BCUT2D eigenvalue weighted by molar-refractivity contribution is -0.121. The van der Waals surface area contributed by atoms with Crippen LogP contribution in [0.25, 0.3) is 0 Å². The van der Waals surface area contributed by atoms with Crippen LogP contribution in [0, 0.1) is 5.92 Å². The minimum atomic E-state index is -2.04. The van der Waals surface area contributed by atoms with E-state index in [2.05, 4.69) is 15.6 Å². The second-order valence-electron chi connectivity index (χ2n) is 11.5. The molecule has 3 aliphatic rings. The molecule has 1 spiro atoms. The standard InChI is InChI=1S/C34H32ClN3O10/c1-17-12-20(39)28(32(42)34(17)33(43)29-23(44-2)15-24(45-3)30(35)31(29)48-34)19(18-7-8-21-22(13-18)47-16-46-21)14-27(41)37-11-9-26(40)38-25-6-4-5-10-36-25/h4-8,10,13,15,17,19,42H,9,11-12,14,16H2,1-3H3,(H,37,41)(H,36,38,40). The first kappa shape index (κ1) is 32.6. The van der Waals surface area contributed by atoms with Crippen molar-refractivity contribution in [2.45, 2.75) is 37.7 Å². The molecule has 3 atom stereocenters. The summed E-state index contributed by atoms with van der Waals surface area (Å²) in [6.45, 7) is 1.59. The Morgan fingerprint density at radius 2 is 1.85 bits per heavy atom. The molecule has 13 nitrogen and oxygen atoms in total. The van der Waals surface area contributed by atoms with Gasteiger partial charge in [0.15, 0.2) is 28.8 Å². The zero-order valence-corrected chi connectivity index (χ0v) is 27.0. The summed E-state index contributed by atoms with van der Waals surface area (Å²) in [6, 6.07) is 11.4. The van der Waals surface area contributed by atoms with Crippen LogP contribution in [0.1, 0.15) is 48.0 Å². The summed E-state index contributed by atoms with van der Waals surface area (Å²) in [6.07, 6.45) is 0.986. The van der Waals surface area contributed by atoms with Crippen LogP contribution in [0.15, 0.2) is 60.0 Å². The maximum Gasteiger partial charge on any atom is 0.231 e. The molecule has 2 amide bonds. The van der Waals surface area contributed by atoms with Crippen molar-refractivity contribution in [1.29, 1.82) is 0 Å². The molecule has 3 N–H and O–H groups in total. The Bertz CT molecular complexity index is 1850. The molecule has 3 aromatic rings. The Morgan fingerprint density at radius 3 is 2.58 bits per heavy atom. The molecule has 3 unspecified atom stereocenters. The van der Waals surface area contributed by atoms with Crippen LogP contribution in [0.3, 0.4) is 0 Å². The number of anilines is 1. The van der Waals surface area contributed by atoms with Crippen molar-refractivity contribution in [1.82, 2.24) is 10.3 Å². The van der Waals surface area contributed by atoms with Crippen LogP contribution in [-0.2, 0) is 14.4 Å². The van der Waals surface area contributed by atoms with Crippen molar-refractivity contribution >= 4 is 40.8 Å². The number of allylic oxidation sites excluding steroid dienone is 1. The molecule has 0 radical (unpaired) electrons. The van der Waals surface area contributed by atoms with Gasteiger partial charge in [-0.3, -0.25) is 19.2 Å². The summed E-state index contributed by atoms with van der Waals surface area (Å²) >= 11 is 6.58. The lowest BCUT2D eigenvalue weighted by Crippen LogP contribution is -2.53. The fourth-order valence-electron chi connectivity index (χ4n) is 6.27. The minimum Gasteiger partial charge on any atom is -0.507 e. The Hall–Kier alpha value is -5.30. The zero-order chi connectivity index (χ0) is 34.2. The van der Waals surface area contributed by atoms with E-state index >= 15 is 0 Å². The first-order chi connectivity index (χ1) is 23.1. The van der Waals surface area contributed by atoms with Gasteiger partial charge in [0.1, 0.15) is 27.9 Å². The van der Waals surface area contributed by atoms with E-state index in [0.717, 1.165) is 0 Å². The summed E-state index contributed by atoms with van der Waals surface area (Å²) in [7, 11) is 2.76. The van der Waals surface area contributed by atoms with Gasteiger partial charge in [-0.05, 0) is 29.8 Å². The zero-order valence-electron chi connectivity index (χ0n) is 26.3. The number of benzene rings is 2. The van der Waals surface area contributed by atoms with Gasteiger partial charge in [-0.25, -0.2) is 4.98 Å². The largest absolute Gasteiger partial charge is 0.507 e. The number of ether oxygens (including phenoxy) is 5. The number of nitrogens with one attached hydrogen (secondary N) is 2. The number of aliphatic hydroxyl groups excluding tert-OH is 1. The van der Waals surface area contributed by atoms with Gasteiger partial charge >= 0.3 is 0 Å². The number of amides is 2. The van der Waals surface area contributed by atoms with E-state index in [1.165, 1.54) is 20.3 Å². The number of fused-ring (bicyclic) bond motifs is 2. The lowest BCUT2D eigenvalue weighted by Gasteiger charge is -2.38. The molecule has 48 heavy (non-hydrogen) atoms. The highest BCUT2D eigenvalue weighted by atomic mass is 35.5. The number of rotatable bonds is 10. The first-order valence-electron chi connectivity index (χ1n) is 15.1. The van der Waals surface area contributed by atoms with E-state index in [4.69, 9.17) is 35.3 Å². The number of methoxy groups -OCH3 is 2. The predicted molar refractivity (Wildman–Crippen MR) is 171 cm³/mol. The third-order valence-corrected chi connectivity index (χ3v) is 9.01. The van der Waals surface area contributed by atoms with Gasteiger partial charge in [0.2, 0.25) is 30.0 Å². The van der Waals surface area contributed by atoms with Crippen molar-refractivity contribution in [3.05, 3.63) is 76.1 Å². The van der Waals surface area contributed by atoms with Crippen molar-refractivity contribution in [2.24, 2.45) is 5.92 Å². The van der Waals surface area contributed by atoms with E-state index in [9.17, 15) is 24.3 Å². The number of hydrogen-bond acceptors (Lipinski definition) is 11. The lowest BCUT2D eigenvalue weighted by atomic mass is 9.69. The Morgan fingerprint density at radius 1 is 1.08 bits per heavy atom. The Labute approximate surface area is 280 Å². The number of nitrogens with zero attached hydrogens (tertiary/aromatic N) is 1. The molecule has 6 rings (SSSR count). The van der Waals surface area contributed by atoms with Gasteiger partial charge < -0.3 is 39.4 Å². The number of aliphatic hydroxyl groups is 1. The number of carbonyl (C=O) groups excluding carboxylic acids is 4. The normalized spacial score (nSPS) is 19.9. The van der Waals surface area contributed by atoms with Gasteiger partial charge in [0.05, 0.1) is 14.2 Å². The molecule has 0 saturated carbocycles. The summed E-state index contributed by atoms with van der Waals surface area (Å²) in [5, 5.41) is 17.4. The molecule has 2 aromatic carbocycles. The van der Waals surface area contributed by atoms with Gasteiger partial charge in [0, 0.05) is 55.5 Å². The predicted octanol–water partition coefficient (Wildman–Crippen LogP) is 4.53. The molecule has 2 aliphatic heterocycles. The number of aromatic nitrogens is 1. The molecule has 3 heterocycles. The number of halogens is 1. The van der Waals surface area contributed by atoms with Crippen LogP contribution in [-0.4, -0.2) is 66.6 Å². The number of hydrogen-bond donors (Lipinski definition) is 3. The summed E-state index contributed by atoms with van der Waals surface area (Å²) < 4.78 is 28.1. The first-order valence-corrected chi connectivity index (χ1v) is 15.5. The average molecular weight is 678 g/mol. The minimum absolute atomic E-state index is 0.00301. The summed E-state index contributed by atoms with van der Waals surface area (Å²) in [5.41, 5.74) is -1.76. The van der Waals surface area contributed by atoms with E-state index in [0.29, 0.717) is 22.9 Å². The molecule has 14 heteroatoms. The van der Waals surface area contributed by atoms with Crippen molar-refractivity contribution < 1.29 is 48.0 Å². The van der Waals surface area contributed by atoms with Crippen molar-refractivity contribution in [3.63, 3.8) is 0 Å². The SMILES string of the molecule is COc1cc(OC)c2c(c1Cl)OC1(C2=O)C(O)=C(C(CC(=O)NCCC(=O)Nc2ccccn2)c2ccc3c(c2)OCO3)C(=O)CC1C. The fourth-order valence-corrected chi connectivity index (χ4v) is 6.53. The second kappa shape index (κ2) is 13.1. The van der Waals surface area contributed by atoms with Crippen molar-refractivity contribution in [3.8, 4) is 28.7 Å². The van der Waals surface area contributed by atoms with Crippen LogP contribution in [0.4, 0.5) is 5.82 Å². The topological polar surface area (TPSA) is 172 Å². The number of Topliss-reactive ketones (excluding diaryl/α,β-unsaturated/α-hetero) is 2. The van der Waals surface area contributed by atoms with E-state index in [1.54, 1.807) is 49.5 Å². The third-order valence-electron chi connectivity index (χ3n) is 8.66. The molecular weight excluding hydrogens is 646 g/mol. The van der Waals surface area contributed by atoms with Gasteiger partial charge in [-0.1, -0.05) is 30.7 Å². The van der Waals surface area contributed by atoms with Gasteiger partial charge in [-0.2, -0.15) is 0 Å². The molecule has 1 aliphatic carbocycles. The number of ketones is 2. The smallest absolute Gasteiger partial charge is 0.231 e. The summed E-state index contributed by atoms with van der Waals surface area (Å²) in [4.78, 5) is 58.0. The van der Waals surface area contributed by atoms with Crippen molar-refractivity contribution in [2.75, 3.05) is 32.9 Å². The Balaban J connectivity index is 1.34. The highest BCUT2D eigenvalue weighted by Gasteiger charge is 2.61. The maximum atomic E-state index is 14.3. The van der Waals surface area contributed by atoms with Crippen LogP contribution >= 0.6 is 11.6 Å². The molecule has 0 saturated heterocycles. The molecule has 0 bridgehead atoms. The van der Waals surface area contributed by atoms with Gasteiger partial charge in [0.25, 0.3) is 0 Å². The Kier molecular flexibility index (Phi) is 8.89. The third kappa shape index (κ3) is 5.63. The molecule has 250 valence electrons. The number of pyridine rings is 1. The highest BCUT2D eigenvalue weighted by Crippen LogP contribution is 2.56. The monoisotopic (exact) mass is 677 g/mol. The van der Waals surface area contributed by atoms with E-state index in [-0.39, 0.29) is 71.9 Å². The number of carbonyl (C=O) groups is 4. The average Bonchev–Trinajstić information content (AvgIpc) is 3.67. The van der Waals surface area contributed by atoms with Crippen LogP contribution in [0.5, 0.6) is 28.7 Å². The van der Waals surface area contributed by atoms with E-state index in [1.807, 2.05) is 0 Å². The van der Waals surface area contributed by atoms with E-state index < -0.39 is 40.7 Å².